The van der Waals surface area contributed by atoms with Crippen molar-refractivity contribution in [3.63, 3.8) is 0 Å². The largest absolute Gasteiger partial charge is 0.478 e. The van der Waals surface area contributed by atoms with Crippen molar-refractivity contribution in [2.75, 3.05) is 5.32 Å². The van der Waals surface area contributed by atoms with Crippen molar-refractivity contribution < 1.29 is 33.8 Å². The molecule has 0 heterocycles. The van der Waals surface area contributed by atoms with Crippen LogP contribution in [0.15, 0.2) is 36.4 Å². The number of carbonyl (C=O) groups is 4. The third-order valence-corrected chi connectivity index (χ3v) is 3.39. The molecular weight excluding hydrogens is 354 g/mol. The van der Waals surface area contributed by atoms with Gasteiger partial charge in [0.25, 0.3) is 5.91 Å². The maximum absolute atomic E-state index is 12.6. The van der Waals surface area contributed by atoms with Crippen molar-refractivity contribution in [1.82, 2.24) is 0 Å². The van der Waals surface area contributed by atoms with Crippen LogP contribution >= 0.6 is 0 Å². The molecule has 8 heteroatoms. The molecule has 27 heavy (non-hydrogen) atoms. The molecule has 0 aromatic heterocycles. The molecule has 0 saturated carbocycles. The van der Waals surface area contributed by atoms with E-state index in [2.05, 4.69) is 5.32 Å². The van der Waals surface area contributed by atoms with Crippen LogP contribution in [0.1, 0.15) is 40.1 Å². The van der Waals surface area contributed by atoms with Gasteiger partial charge < -0.3 is 19.9 Å². The molecule has 0 aliphatic rings. The molecule has 8 nitrogen and oxygen atoms in total. The summed E-state index contributed by atoms with van der Waals surface area (Å²) >= 11 is 0. The zero-order valence-corrected chi connectivity index (χ0v) is 14.9. The Balaban J connectivity index is 2.32. The molecule has 2 rings (SSSR count). The second kappa shape index (κ2) is 8.13. The van der Waals surface area contributed by atoms with Crippen molar-refractivity contribution in [2.24, 2.45) is 0 Å². The average Bonchev–Trinajstić information content (AvgIpc) is 2.54. The van der Waals surface area contributed by atoms with E-state index < -0.39 is 23.8 Å². The molecule has 0 bridgehead atoms. The van der Waals surface area contributed by atoms with Crippen molar-refractivity contribution in [1.29, 1.82) is 0 Å². The highest BCUT2D eigenvalue weighted by Gasteiger charge is 2.14. The van der Waals surface area contributed by atoms with Crippen LogP contribution in [0.5, 0.6) is 11.5 Å². The minimum absolute atomic E-state index is 0.0457. The Morgan fingerprint density at radius 2 is 1.41 bits per heavy atom. The number of carboxylic acids is 1. The number of esters is 2. The number of rotatable bonds is 5. The third-order valence-electron chi connectivity index (χ3n) is 3.39. The number of ether oxygens (including phenoxy) is 2. The summed E-state index contributed by atoms with van der Waals surface area (Å²) in [5.74, 6) is -2.73. The molecule has 2 aromatic rings. The minimum Gasteiger partial charge on any atom is -0.478 e. The highest BCUT2D eigenvalue weighted by molar-refractivity contribution is 6.05. The van der Waals surface area contributed by atoms with Gasteiger partial charge in [0.1, 0.15) is 11.5 Å². The highest BCUT2D eigenvalue weighted by Crippen LogP contribution is 2.25. The predicted octanol–water partition coefficient (Wildman–Crippen LogP) is 2.80. The maximum atomic E-state index is 12.6. The molecule has 0 spiro atoms. The fraction of sp³-hybridized carbons (Fsp3) is 0.158. The van der Waals surface area contributed by atoms with E-state index in [4.69, 9.17) is 14.6 Å². The molecule has 0 aliphatic heterocycles. The van der Waals surface area contributed by atoms with E-state index in [1.807, 2.05) is 0 Å². The Hall–Kier alpha value is -3.68. The lowest BCUT2D eigenvalue weighted by Gasteiger charge is -2.11. The van der Waals surface area contributed by atoms with E-state index in [9.17, 15) is 19.2 Å². The van der Waals surface area contributed by atoms with Crippen LogP contribution in [0.25, 0.3) is 0 Å². The molecule has 140 valence electrons. The molecule has 0 saturated heterocycles. The maximum Gasteiger partial charge on any atom is 0.335 e. The first-order chi connectivity index (χ1) is 12.7. The Kier molecular flexibility index (Phi) is 5.92. The second-order valence-electron chi connectivity index (χ2n) is 5.67. The van der Waals surface area contributed by atoms with Crippen molar-refractivity contribution in [3.05, 3.63) is 53.1 Å². The van der Waals surface area contributed by atoms with Crippen LogP contribution in [0.2, 0.25) is 0 Å². The summed E-state index contributed by atoms with van der Waals surface area (Å²) in [6.07, 6.45) is 0. The second-order valence-corrected chi connectivity index (χ2v) is 5.67. The molecule has 0 unspecified atom stereocenters. The molecule has 0 atom stereocenters. The number of amides is 1. The summed E-state index contributed by atoms with van der Waals surface area (Å²) in [4.78, 5) is 45.9. The fourth-order valence-electron chi connectivity index (χ4n) is 2.28. The zero-order chi connectivity index (χ0) is 20.1. The average molecular weight is 371 g/mol. The van der Waals surface area contributed by atoms with Gasteiger partial charge in [-0.05, 0) is 42.8 Å². The quantitative estimate of drug-likeness (QED) is 0.613. The van der Waals surface area contributed by atoms with Crippen LogP contribution in [-0.2, 0) is 9.59 Å². The van der Waals surface area contributed by atoms with Gasteiger partial charge in [0.15, 0.2) is 0 Å². The number of anilines is 1. The van der Waals surface area contributed by atoms with Crippen molar-refractivity contribution in [2.45, 2.75) is 20.8 Å². The van der Waals surface area contributed by atoms with Gasteiger partial charge >= 0.3 is 17.9 Å². The van der Waals surface area contributed by atoms with Gasteiger partial charge in [-0.25, -0.2) is 4.79 Å². The Bertz CT molecular complexity index is 899. The van der Waals surface area contributed by atoms with Crippen LogP contribution in [0, 0.1) is 6.92 Å². The van der Waals surface area contributed by atoms with Gasteiger partial charge in [-0.2, -0.15) is 0 Å². The summed E-state index contributed by atoms with van der Waals surface area (Å²) in [6, 6.07) is 8.23. The summed E-state index contributed by atoms with van der Waals surface area (Å²) < 4.78 is 9.94. The Morgan fingerprint density at radius 1 is 0.852 bits per heavy atom. The minimum atomic E-state index is -1.07. The number of benzene rings is 2. The SMILES string of the molecule is CC(=O)Oc1cc(OC(C)=O)cc(C(=O)Nc2ccc(C(=O)O)cc2C)c1. The molecular formula is C19H17NO7. The number of aromatic carboxylic acids is 1. The molecule has 2 N–H and O–H groups in total. The fourth-order valence-corrected chi connectivity index (χ4v) is 2.28. The number of nitrogens with one attached hydrogen (secondary N) is 1. The van der Waals surface area contributed by atoms with Crippen LogP contribution in [0.3, 0.4) is 0 Å². The summed E-state index contributed by atoms with van der Waals surface area (Å²) in [7, 11) is 0. The first-order valence-electron chi connectivity index (χ1n) is 7.83. The van der Waals surface area contributed by atoms with Crippen molar-refractivity contribution >= 4 is 29.5 Å². The number of aryl methyl sites for hydroxylation is 1. The predicted molar refractivity (Wildman–Crippen MR) is 95.2 cm³/mol. The number of hydrogen-bond donors (Lipinski definition) is 2. The summed E-state index contributed by atoms with van der Waals surface area (Å²) in [5.41, 5.74) is 1.16. The van der Waals surface area contributed by atoms with Gasteiger partial charge in [0.2, 0.25) is 0 Å². The molecule has 0 fully saturated rings. The van der Waals surface area contributed by atoms with E-state index >= 15 is 0 Å². The Labute approximate surface area is 154 Å². The topological polar surface area (TPSA) is 119 Å². The lowest BCUT2D eigenvalue weighted by Crippen LogP contribution is -2.14. The number of carboxylic acid groups (broad SMARTS) is 1. The lowest BCUT2D eigenvalue weighted by molar-refractivity contribution is -0.132. The standard InChI is InChI=1S/C19H17NO7/c1-10-6-13(19(24)25)4-5-17(10)20-18(23)14-7-15(26-11(2)21)9-16(8-14)27-12(3)22/h4-9H,1-3H3,(H,20,23)(H,24,25). The summed E-state index contributed by atoms with van der Waals surface area (Å²) in [5, 5.41) is 11.6. The van der Waals surface area contributed by atoms with Crippen LogP contribution in [0.4, 0.5) is 5.69 Å². The van der Waals surface area contributed by atoms with E-state index in [1.54, 1.807) is 6.92 Å². The van der Waals surface area contributed by atoms with Crippen LogP contribution < -0.4 is 14.8 Å². The number of hydrogen-bond acceptors (Lipinski definition) is 6. The van der Waals surface area contributed by atoms with Gasteiger partial charge in [-0.15, -0.1) is 0 Å². The zero-order valence-electron chi connectivity index (χ0n) is 14.9. The first-order valence-corrected chi connectivity index (χ1v) is 7.83. The van der Waals surface area contributed by atoms with E-state index in [0.29, 0.717) is 11.3 Å². The van der Waals surface area contributed by atoms with Gasteiger partial charge in [0, 0.05) is 31.2 Å². The number of carbonyl (C=O) groups excluding carboxylic acids is 3. The van der Waals surface area contributed by atoms with Gasteiger partial charge in [-0.1, -0.05) is 0 Å². The van der Waals surface area contributed by atoms with E-state index in [0.717, 1.165) is 0 Å². The van der Waals surface area contributed by atoms with Crippen LogP contribution in [-0.4, -0.2) is 28.9 Å². The van der Waals surface area contributed by atoms with E-state index in [1.165, 1.54) is 50.2 Å². The third kappa shape index (κ3) is 5.40. The molecule has 1 amide bonds. The Morgan fingerprint density at radius 3 is 1.85 bits per heavy atom. The smallest absolute Gasteiger partial charge is 0.335 e. The summed E-state index contributed by atoms with van der Waals surface area (Å²) in [6.45, 7) is 4.05. The lowest BCUT2D eigenvalue weighted by atomic mass is 10.1. The normalized spacial score (nSPS) is 10.0. The molecule has 0 aliphatic carbocycles. The molecule has 2 aromatic carbocycles. The van der Waals surface area contributed by atoms with Gasteiger partial charge in [0.05, 0.1) is 5.56 Å². The van der Waals surface area contributed by atoms with E-state index in [-0.39, 0.29) is 22.6 Å². The molecule has 0 radical (unpaired) electrons. The monoisotopic (exact) mass is 371 g/mol. The highest BCUT2D eigenvalue weighted by atomic mass is 16.5. The van der Waals surface area contributed by atoms with Crippen molar-refractivity contribution in [3.8, 4) is 11.5 Å². The first kappa shape index (κ1) is 19.6. The van der Waals surface area contributed by atoms with Gasteiger partial charge in [-0.3, -0.25) is 14.4 Å².